The van der Waals surface area contributed by atoms with Gasteiger partial charge in [-0.3, -0.25) is 9.69 Å². The summed E-state index contributed by atoms with van der Waals surface area (Å²) in [5.74, 6) is 1.96. The van der Waals surface area contributed by atoms with Crippen molar-refractivity contribution in [2.75, 3.05) is 51.3 Å². The Morgan fingerprint density at radius 1 is 1.09 bits per heavy atom. The molecule has 1 saturated heterocycles. The van der Waals surface area contributed by atoms with Crippen molar-refractivity contribution in [1.29, 1.82) is 0 Å². The van der Waals surface area contributed by atoms with Crippen LogP contribution in [0.3, 0.4) is 0 Å². The molecule has 2 heterocycles. The van der Waals surface area contributed by atoms with E-state index in [1.165, 1.54) is 5.69 Å². The molecule has 0 amide bonds. The lowest BCUT2D eigenvalue weighted by atomic mass is 9.84. The Kier molecular flexibility index (Phi) is 7.53. The van der Waals surface area contributed by atoms with Gasteiger partial charge in [0, 0.05) is 38.7 Å². The van der Waals surface area contributed by atoms with Crippen LogP contribution < -0.4 is 9.64 Å². The van der Waals surface area contributed by atoms with E-state index in [0.717, 1.165) is 69.3 Å². The Balaban J connectivity index is 1.15. The van der Waals surface area contributed by atoms with Crippen LogP contribution in [0.2, 0.25) is 0 Å². The zero-order chi connectivity index (χ0) is 22.5. The lowest BCUT2D eigenvalue weighted by Crippen LogP contribution is -2.46. The lowest BCUT2D eigenvalue weighted by Gasteiger charge is -2.36. The zero-order valence-corrected chi connectivity index (χ0v) is 19.6. The molecule has 3 aliphatic rings. The minimum atomic E-state index is -0.122. The van der Waals surface area contributed by atoms with E-state index in [-0.39, 0.29) is 23.9 Å². The fourth-order valence-electron chi connectivity index (χ4n) is 4.90. The molecule has 0 bridgehead atoms. The number of carbonyl (C=O) groups is 1. The van der Waals surface area contributed by atoms with E-state index in [4.69, 9.17) is 14.2 Å². The highest BCUT2D eigenvalue weighted by Crippen LogP contribution is 2.37. The van der Waals surface area contributed by atoms with Crippen LogP contribution >= 0.6 is 0 Å². The van der Waals surface area contributed by atoms with Gasteiger partial charge in [0.05, 0.1) is 25.3 Å². The molecule has 1 aliphatic carbocycles. The zero-order valence-electron chi connectivity index (χ0n) is 19.6. The van der Waals surface area contributed by atoms with E-state index in [9.17, 15) is 4.79 Å². The third kappa shape index (κ3) is 5.18. The van der Waals surface area contributed by atoms with Crippen LogP contribution in [0, 0.1) is 11.8 Å². The second-order valence-electron chi connectivity index (χ2n) is 9.09. The smallest absolute Gasteiger partial charge is 0.311 e. The molecule has 0 radical (unpaired) electrons. The fraction of sp³-hybridized carbons (Fsp3) is 0.577. The third-order valence-electron chi connectivity index (χ3n) is 6.86. The number of methoxy groups -OCH3 is 1. The quantitative estimate of drug-likeness (QED) is 0.449. The van der Waals surface area contributed by atoms with Gasteiger partial charge >= 0.3 is 5.97 Å². The molecular weight excluding hydrogens is 404 g/mol. The van der Waals surface area contributed by atoms with Crippen LogP contribution in [-0.4, -0.2) is 63.4 Å². The molecule has 32 heavy (non-hydrogen) atoms. The van der Waals surface area contributed by atoms with Gasteiger partial charge in [0.2, 0.25) is 0 Å². The summed E-state index contributed by atoms with van der Waals surface area (Å²) in [4.78, 5) is 16.8. The first-order valence-electron chi connectivity index (χ1n) is 11.9. The number of anilines is 1. The highest BCUT2D eigenvalue weighted by molar-refractivity contribution is 5.73. The standard InChI is InChI=1S/C26H36N2O4/c1-19-18-25(29)32-26-20(2)23(11-10-21(19)26)31-17-7-6-12-27-13-15-28(16-14-27)22-8-4-5-9-24(22)30-3/h4-5,8-11,19-20,23H,6-7,12-18H2,1-3H3/t19?,20-,23?/m1/s1. The van der Waals surface area contributed by atoms with Gasteiger partial charge in [0.1, 0.15) is 11.5 Å². The first-order chi connectivity index (χ1) is 15.6. The maximum Gasteiger partial charge on any atom is 0.311 e. The molecule has 1 aromatic rings. The largest absolute Gasteiger partial charge is 0.495 e. The van der Waals surface area contributed by atoms with Gasteiger partial charge in [0.25, 0.3) is 0 Å². The molecule has 0 saturated carbocycles. The number of ether oxygens (including phenoxy) is 3. The molecule has 2 aliphatic heterocycles. The minimum absolute atomic E-state index is 0.0174. The van der Waals surface area contributed by atoms with Crippen molar-refractivity contribution < 1.29 is 19.0 Å². The van der Waals surface area contributed by atoms with Crippen LogP contribution in [0.4, 0.5) is 5.69 Å². The predicted octanol–water partition coefficient (Wildman–Crippen LogP) is 4.03. The van der Waals surface area contributed by atoms with Gasteiger partial charge < -0.3 is 19.1 Å². The summed E-state index contributed by atoms with van der Waals surface area (Å²) in [6.45, 7) is 10.2. The molecule has 1 fully saturated rings. The fourth-order valence-corrected chi connectivity index (χ4v) is 4.90. The second-order valence-corrected chi connectivity index (χ2v) is 9.09. The van der Waals surface area contributed by atoms with E-state index in [0.29, 0.717) is 6.42 Å². The molecule has 174 valence electrons. The van der Waals surface area contributed by atoms with Crippen LogP contribution in [0.5, 0.6) is 5.75 Å². The van der Waals surface area contributed by atoms with E-state index in [1.807, 2.05) is 12.1 Å². The summed E-state index contributed by atoms with van der Waals surface area (Å²) in [5, 5.41) is 0. The summed E-state index contributed by atoms with van der Waals surface area (Å²) in [7, 11) is 1.74. The van der Waals surface area contributed by atoms with E-state index in [1.54, 1.807) is 7.11 Å². The Bertz CT molecular complexity index is 857. The molecule has 0 aromatic heterocycles. The predicted molar refractivity (Wildman–Crippen MR) is 126 cm³/mol. The van der Waals surface area contributed by atoms with Gasteiger partial charge in [-0.2, -0.15) is 0 Å². The molecule has 1 aromatic carbocycles. The number of allylic oxidation sites excluding steroid dienone is 2. The summed E-state index contributed by atoms with van der Waals surface area (Å²) >= 11 is 0. The highest BCUT2D eigenvalue weighted by atomic mass is 16.5. The van der Waals surface area contributed by atoms with E-state index < -0.39 is 0 Å². The number of piperazine rings is 1. The van der Waals surface area contributed by atoms with Gasteiger partial charge in [-0.05, 0) is 43.0 Å². The molecule has 6 nitrogen and oxygen atoms in total. The summed E-state index contributed by atoms with van der Waals surface area (Å²) in [6.07, 6.45) is 6.84. The number of esters is 1. The van der Waals surface area contributed by atoms with Gasteiger partial charge in [0.15, 0.2) is 0 Å². The van der Waals surface area contributed by atoms with Crippen molar-refractivity contribution in [2.24, 2.45) is 11.8 Å². The van der Waals surface area contributed by atoms with Crippen molar-refractivity contribution in [3.05, 3.63) is 47.7 Å². The average Bonchev–Trinajstić information content (AvgIpc) is 2.81. The van der Waals surface area contributed by atoms with Gasteiger partial charge in [-0.1, -0.05) is 38.1 Å². The van der Waals surface area contributed by atoms with Crippen molar-refractivity contribution in [3.8, 4) is 5.75 Å². The molecule has 4 rings (SSSR count). The topological polar surface area (TPSA) is 51.2 Å². The number of rotatable bonds is 8. The van der Waals surface area contributed by atoms with E-state index >= 15 is 0 Å². The van der Waals surface area contributed by atoms with Crippen LogP contribution in [0.1, 0.15) is 33.1 Å². The normalized spacial score (nSPS) is 26.2. The van der Waals surface area contributed by atoms with Crippen LogP contribution in [0.25, 0.3) is 0 Å². The second kappa shape index (κ2) is 10.5. The van der Waals surface area contributed by atoms with Crippen LogP contribution in [-0.2, 0) is 14.3 Å². The Labute approximate surface area is 191 Å². The number of carbonyl (C=O) groups excluding carboxylic acids is 1. The monoisotopic (exact) mass is 440 g/mol. The molecule has 2 unspecified atom stereocenters. The summed E-state index contributed by atoms with van der Waals surface area (Å²) < 4.78 is 17.2. The van der Waals surface area contributed by atoms with Crippen LogP contribution in [0.15, 0.2) is 47.7 Å². The summed E-state index contributed by atoms with van der Waals surface area (Å²) in [6, 6.07) is 8.26. The first kappa shape index (κ1) is 22.9. The maximum atomic E-state index is 11.8. The van der Waals surface area contributed by atoms with Crippen molar-refractivity contribution in [3.63, 3.8) is 0 Å². The minimum Gasteiger partial charge on any atom is -0.495 e. The van der Waals surface area contributed by atoms with Gasteiger partial charge in [-0.25, -0.2) is 0 Å². The molecule has 0 N–H and O–H groups in total. The van der Waals surface area contributed by atoms with Crippen molar-refractivity contribution in [2.45, 2.75) is 39.2 Å². The number of nitrogens with zero attached hydrogens (tertiary/aromatic N) is 2. The molecular formula is C26H36N2O4. The number of hydrogen-bond acceptors (Lipinski definition) is 6. The number of para-hydroxylation sites is 2. The van der Waals surface area contributed by atoms with E-state index in [2.05, 4.69) is 47.9 Å². The Morgan fingerprint density at radius 3 is 2.66 bits per heavy atom. The highest BCUT2D eigenvalue weighted by Gasteiger charge is 2.34. The summed E-state index contributed by atoms with van der Waals surface area (Å²) in [5.41, 5.74) is 2.35. The van der Waals surface area contributed by atoms with Gasteiger partial charge in [-0.15, -0.1) is 0 Å². The lowest BCUT2D eigenvalue weighted by molar-refractivity contribution is -0.143. The molecule has 6 heteroatoms. The third-order valence-corrected chi connectivity index (χ3v) is 6.86. The molecule has 0 spiro atoms. The Hall–Kier alpha value is -2.31. The SMILES string of the molecule is COc1ccccc1N1CCN(CCCCOC2C=CC3=C(OC(=O)CC3C)[C@@H]2C)CC1. The Morgan fingerprint density at radius 2 is 1.88 bits per heavy atom. The average molecular weight is 441 g/mol. The maximum absolute atomic E-state index is 11.8. The first-order valence-corrected chi connectivity index (χ1v) is 11.9. The number of hydrogen-bond donors (Lipinski definition) is 0. The van der Waals surface area contributed by atoms with Crippen molar-refractivity contribution >= 4 is 11.7 Å². The number of benzene rings is 1. The number of unbranched alkanes of at least 4 members (excludes halogenated alkanes) is 1. The van der Waals surface area contributed by atoms with Crippen molar-refractivity contribution in [1.82, 2.24) is 4.90 Å². The molecule has 3 atom stereocenters.